The van der Waals surface area contributed by atoms with E-state index in [2.05, 4.69) is 46.1 Å². The minimum atomic E-state index is -0.237. The predicted octanol–water partition coefficient (Wildman–Crippen LogP) is 4.34. The lowest BCUT2D eigenvalue weighted by molar-refractivity contribution is 0.0955. The zero-order chi connectivity index (χ0) is 18.8. The number of carbonyl (C=O) groups is 1. The molecular formula is C22H20N4O. The van der Waals surface area contributed by atoms with E-state index in [1.54, 1.807) is 6.21 Å². The number of H-pyrrole nitrogens is 1. The molecule has 0 spiro atoms. The summed E-state index contributed by atoms with van der Waals surface area (Å²) >= 11 is 0. The second kappa shape index (κ2) is 6.96. The van der Waals surface area contributed by atoms with E-state index in [0.717, 1.165) is 33.5 Å². The third-order valence-corrected chi connectivity index (χ3v) is 4.65. The van der Waals surface area contributed by atoms with Crippen molar-refractivity contribution >= 4 is 23.0 Å². The van der Waals surface area contributed by atoms with E-state index in [4.69, 9.17) is 0 Å². The molecule has 0 bridgehead atoms. The second-order valence-corrected chi connectivity index (χ2v) is 6.49. The van der Waals surface area contributed by atoms with Gasteiger partial charge in [-0.3, -0.25) is 4.79 Å². The number of nitrogens with one attached hydrogen (secondary N) is 2. The zero-order valence-electron chi connectivity index (χ0n) is 15.2. The third kappa shape index (κ3) is 3.27. The first-order valence-corrected chi connectivity index (χ1v) is 8.78. The van der Waals surface area contributed by atoms with Crippen molar-refractivity contribution in [3.05, 3.63) is 89.4 Å². The molecule has 0 radical (unpaired) electrons. The van der Waals surface area contributed by atoms with Gasteiger partial charge in [-0.2, -0.15) is 5.10 Å². The van der Waals surface area contributed by atoms with Crippen molar-refractivity contribution in [3.63, 3.8) is 0 Å². The Bertz CT molecular complexity index is 1110. The lowest BCUT2D eigenvalue weighted by Gasteiger charge is -2.10. The van der Waals surface area contributed by atoms with E-state index in [0.29, 0.717) is 5.56 Å². The minimum Gasteiger partial charge on any atom is -0.361 e. The maximum absolute atomic E-state index is 12.3. The van der Waals surface area contributed by atoms with Gasteiger partial charge in [0.2, 0.25) is 0 Å². The van der Waals surface area contributed by atoms with Crippen LogP contribution >= 0.6 is 0 Å². The summed E-state index contributed by atoms with van der Waals surface area (Å²) in [4.78, 5) is 15.5. The highest BCUT2D eigenvalue weighted by molar-refractivity contribution is 6.00. The van der Waals surface area contributed by atoms with Gasteiger partial charge in [-0.25, -0.2) is 5.43 Å². The number of rotatable bonds is 4. The highest BCUT2D eigenvalue weighted by Crippen LogP contribution is 2.17. The summed E-state index contributed by atoms with van der Waals surface area (Å²) in [6, 6.07) is 19.6. The zero-order valence-corrected chi connectivity index (χ0v) is 15.2. The SMILES string of the molecule is Cc1ccc(C)n1-c1ccc(C(=O)NN=Cc2c[nH]c3ccccc23)cc1. The van der Waals surface area contributed by atoms with E-state index in [1.807, 2.05) is 54.7 Å². The van der Waals surface area contributed by atoms with E-state index < -0.39 is 0 Å². The topological polar surface area (TPSA) is 62.2 Å². The van der Waals surface area contributed by atoms with E-state index >= 15 is 0 Å². The molecule has 2 heterocycles. The number of fused-ring (bicyclic) bond motifs is 1. The van der Waals surface area contributed by atoms with Crippen LogP contribution in [-0.4, -0.2) is 21.7 Å². The standard InChI is InChI=1S/C22H20N4O/c1-15-7-8-16(2)26(15)19-11-9-17(10-12-19)22(27)25-24-14-18-13-23-21-6-4-3-5-20(18)21/h3-14,23H,1-2H3,(H,25,27). The van der Waals surface area contributed by atoms with Gasteiger partial charge in [0, 0.05) is 45.3 Å². The molecule has 0 fully saturated rings. The summed E-state index contributed by atoms with van der Waals surface area (Å²) in [5, 5.41) is 5.16. The Kier molecular flexibility index (Phi) is 4.34. The first kappa shape index (κ1) is 16.8. The fourth-order valence-electron chi connectivity index (χ4n) is 3.26. The number of aromatic amines is 1. The van der Waals surface area contributed by atoms with E-state index in [-0.39, 0.29) is 5.91 Å². The summed E-state index contributed by atoms with van der Waals surface area (Å²) in [6.07, 6.45) is 3.52. The smallest absolute Gasteiger partial charge is 0.271 e. The lowest BCUT2D eigenvalue weighted by atomic mass is 10.2. The average Bonchev–Trinajstić information content (AvgIpc) is 3.25. The summed E-state index contributed by atoms with van der Waals surface area (Å²) in [6.45, 7) is 4.13. The van der Waals surface area contributed by atoms with Gasteiger partial charge in [0.1, 0.15) is 0 Å². The van der Waals surface area contributed by atoms with Crippen molar-refractivity contribution in [2.75, 3.05) is 0 Å². The van der Waals surface area contributed by atoms with Crippen molar-refractivity contribution in [3.8, 4) is 5.69 Å². The molecule has 0 saturated heterocycles. The number of aryl methyl sites for hydroxylation is 2. The van der Waals surface area contributed by atoms with Gasteiger partial charge in [0.15, 0.2) is 0 Å². The third-order valence-electron chi connectivity index (χ3n) is 4.65. The highest BCUT2D eigenvalue weighted by Gasteiger charge is 2.07. The molecule has 2 aromatic heterocycles. The molecule has 5 heteroatoms. The van der Waals surface area contributed by atoms with Crippen molar-refractivity contribution in [2.45, 2.75) is 13.8 Å². The molecule has 2 aromatic carbocycles. The van der Waals surface area contributed by atoms with E-state index in [1.165, 1.54) is 0 Å². The molecule has 2 N–H and O–H groups in total. The molecule has 5 nitrogen and oxygen atoms in total. The average molecular weight is 356 g/mol. The Labute approximate surface area is 157 Å². The second-order valence-electron chi connectivity index (χ2n) is 6.49. The summed E-state index contributed by atoms with van der Waals surface area (Å²) in [5.41, 5.74) is 8.48. The Morgan fingerprint density at radius 2 is 1.70 bits per heavy atom. The maximum atomic E-state index is 12.3. The number of hydrogen-bond donors (Lipinski definition) is 2. The van der Waals surface area contributed by atoms with Crippen LogP contribution in [0.25, 0.3) is 16.6 Å². The number of hydrazone groups is 1. The number of amides is 1. The quantitative estimate of drug-likeness (QED) is 0.415. The number of aromatic nitrogens is 2. The van der Waals surface area contributed by atoms with Crippen LogP contribution in [0.5, 0.6) is 0 Å². The fourth-order valence-corrected chi connectivity index (χ4v) is 3.26. The molecule has 0 aliphatic carbocycles. The summed E-state index contributed by atoms with van der Waals surface area (Å²) in [5.74, 6) is -0.237. The fraction of sp³-hybridized carbons (Fsp3) is 0.0909. The normalized spacial score (nSPS) is 11.3. The minimum absolute atomic E-state index is 0.237. The number of para-hydroxylation sites is 1. The largest absolute Gasteiger partial charge is 0.361 e. The van der Waals surface area contributed by atoms with Gasteiger partial charge < -0.3 is 9.55 Å². The number of benzene rings is 2. The lowest BCUT2D eigenvalue weighted by Crippen LogP contribution is -2.17. The van der Waals surface area contributed by atoms with Crippen LogP contribution in [0.1, 0.15) is 27.3 Å². The molecule has 0 aliphatic rings. The van der Waals surface area contributed by atoms with Gasteiger partial charge in [-0.05, 0) is 56.3 Å². The summed E-state index contributed by atoms with van der Waals surface area (Å²) in [7, 11) is 0. The summed E-state index contributed by atoms with van der Waals surface area (Å²) < 4.78 is 2.15. The van der Waals surface area contributed by atoms with Gasteiger partial charge in [-0.15, -0.1) is 0 Å². The van der Waals surface area contributed by atoms with Crippen LogP contribution in [-0.2, 0) is 0 Å². The molecule has 1 amide bonds. The molecule has 134 valence electrons. The number of hydrogen-bond acceptors (Lipinski definition) is 2. The molecule has 4 aromatic rings. The maximum Gasteiger partial charge on any atom is 0.271 e. The van der Waals surface area contributed by atoms with Crippen LogP contribution in [0.3, 0.4) is 0 Å². The molecule has 0 unspecified atom stereocenters. The number of carbonyl (C=O) groups excluding carboxylic acids is 1. The highest BCUT2D eigenvalue weighted by atomic mass is 16.2. The monoisotopic (exact) mass is 356 g/mol. The Morgan fingerprint density at radius 3 is 2.44 bits per heavy atom. The molecule has 4 rings (SSSR count). The van der Waals surface area contributed by atoms with E-state index in [9.17, 15) is 4.79 Å². The van der Waals surface area contributed by atoms with Crippen molar-refractivity contribution in [1.82, 2.24) is 15.0 Å². The molecule has 0 aliphatic heterocycles. The van der Waals surface area contributed by atoms with Crippen LogP contribution < -0.4 is 5.43 Å². The Hall–Kier alpha value is -3.60. The van der Waals surface area contributed by atoms with Crippen LogP contribution in [0.4, 0.5) is 0 Å². The van der Waals surface area contributed by atoms with Crippen molar-refractivity contribution in [2.24, 2.45) is 5.10 Å². The molecular weight excluding hydrogens is 336 g/mol. The number of nitrogens with zero attached hydrogens (tertiary/aromatic N) is 2. The van der Waals surface area contributed by atoms with Gasteiger partial charge >= 0.3 is 0 Å². The predicted molar refractivity (Wildman–Crippen MR) is 109 cm³/mol. The molecule has 27 heavy (non-hydrogen) atoms. The first-order chi connectivity index (χ1) is 13.1. The van der Waals surface area contributed by atoms with Gasteiger partial charge in [-0.1, -0.05) is 18.2 Å². The first-order valence-electron chi connectivity index (χ1n) is 8.78. The van der Waals surface area contributed by atoms with Crippen molar-refractivity contribution < 1.29 is 4.79 Å². The van der Waals surface area contributed by atoms with Crippen LogP contribution in [0, 0.1) is 13.8 Å². The van der Waals surface area contributed by atoms with Crippen molar-refractivity contribution in [1.29, 1.82) is 0 Å². The molecule has 0 saturated carbocycles. The Balaban J connectivity index is 1.47. The molecule has 0 atom stereocenters. The van der Waals surface area contributed by atoms with Gasteiger partial charge in [0.25, 0.3) is 5.91 Å². The van der Waals surface area contributed by atoms with Crippen LogP contribution in [0.15, 0.2) is 72.0 Å². The van der Waals surface area contributed by atoms with Crippen LogP contribution in [0.2, 0.25) is 0 Å². The van der Waals surface area contributed by atoms with Gasteiger partial charge in [0.05, 0.1) is 6.21 Å². The Morgan fingerprint density at radius 1 is 1.00 bits per heavy atom.